The van der Waals surface area contributed by atoms with Crippen LogP contribution < -0.4 is 15.8 Å². The van der Waals surface area contributed by atoms with Gasteiger partial charge in [-0.1, -0.05) is 31.9 Å². The number of β-amino-alcohol motifs (C(OH)–C–C–N with tert-alkyl or cyclic N) is 1. The lowest BCUT2D eigenvalue weighted by Crippen LogP contribution is -2.46. The SMILES string of the molecule is CCCCCNc1nc(N)nc2ccn(Cc3ccc(CN4CCN(CCO)CC4)cc3OC)c12. The molecule has 35 heavy (non-hydrogen) atoms. The number of nitrogen functional groups attached to an aromatic ring is 1. The number of aromatic nitrogens is 3. The number of nitrogens with one attached hydrogen (secondary N) is 1. The molecule has 9 heteroatoms. The third-order valence-corrected chi connectivity index (χ3v) is 6.68. The minimum Gasteiger partial charge on any atom is -0.496 e. The predicted molar refractivity (Wildman–Crippen MR) is 141 cm³/mol. The Bertz CT molecular complexity index is 1090. The number of benzene rings is 1. The second-order valence-corrected chi connectivity index (χ2v) is 9.23. The number of aliphatic hydroxyl groups excluding tert-OH is 1. The van der Waals surface area contributed by atoms with Crippen molar-refractivity contribution in [3.05, 3.63) is 41.6 Å². The summed E-state index contributed by atoms with van der Waals surface area (Å²) in [6.07, 6.45) is 5.48. The maximum absolute atomic E-state index is 9.15. The first kappa shape index (κ1) is 25.2. The highest BCUT2D eigenvalue weighted by molar-refractivity contribution is 5.87. The molecular formula is C26H39N7O2. The van der Waals surface area contributed by atoms with Gasteiger partial charge in [0.25, 0.3) is 0 Å². The second-order valence-electron chi connectivity index (χ2n) is 9.23. The zero-order valence-electron chi connectivity index (χ0n) is 21.0. The van der Waals surface area contributed by atoms with Gasteiger partial charge in [0.15, 0.2) is 5.82 Å². The molecule has 0 radical (unpaired) electrons. The average Bonchev–Trinajstić information content (AvgIpc) is 3.26. The third-order valence-electron chi connectivity index (χ3n) is 6.68. The fourth-order valence-corrected chi connectivity index (χ4v) is 4.73. The molecule has 0 amide bonds. The van der Waals surface area contributed by atoms with E-state index in [-0.39, 0.29) is 12.6 Å². The molecule has 1 saturated heterocycles. The van der Waals surface area contributed by atoms with E-state index in [1.165, 1.54) is 18.4 Å². The van der Waals surface area contributed by atoms with Crippen LogP contribution in [-0.4, -0.2) is 82.4 Å². The number of ether oxygens (including phenoxy) is 1. The number of nitrogens with two attached hydrogens (primary N) is 1. The molecule has 190 valence electrons. The largest absolute Gasteiger partial charge is 0.496 e. The Labute approximate surface area is 207 Å². The lowest BCUT2D eigenvalue weighted by molar-refractivity contribution is 0.108. The minimum atomic E-state index is 0.227. The number of hydrogen-bond donors (Lipinski definition) is 3. The van der Waals surface area contributed by atoms with E-state index in [0.717, 1.165) is 80.4 Å². The van der Waals surface area contributed by atoms with Gasteiger partial charge in [0.1, 0.15) is 11.3 Å². The standard InChI is InChI=1S/C26H39N7O2/c1-3-4-5-9-28-25-24-22(29-26(27)30-25)8-10-33(24)19-21-7-6-20(17-23(21)35-2)18-32-13-11-31(12-14-32)15-16-34/h6-8,10,17,34H,3-5,9,11-16,18-19H2,1-2H3,(H3,27,28,29,30). The van der Waals surface area contributed by atoms with Gasteiger partial charge >= 0.3 is 0 Å². The van der Waals surface area contributed by atoms with E-state index >= 15 is 0 Å². The number of aliphatic hydroxyl groups is 1. The summed E-state index contributed by atoms with van der Waals surface area (Å²) in [6.45, 7) is 9.62. The molecule has 3 aromatic rings. The van der Waals surface area contributed by atoms with Crippen LogP contribution in [0.2, 0.25) is 0 Å². The first-order chi connectivity index (χ1) is 17.1. The number of rotatable bonds is 12. The van der Waals surface area contributed by atoms with Crippen LogP contribution in [0, 0.1) is 0 Å². The molecular weight excluding hydrogens is 442 g/mol. The van der Waals surface area contributed by atoms with Crippen molar-refractivity contribution >= 4 is 22.8 Å². The molecule has 1 aromatic carbocycles. The number of methoxy groups -OCH3 is 1. The fourth-order valence-electron chi connectivity index (χ4n) is 4.73. The molecule has 4 rings (SSSR count). The van der Waals surface area contributed by atoms with Crippen LogP contribution in [0.1, 0.15) is 37.3 Å². The quantitative estimate of drug-likeness (QED) is 0.339. The Balaban J connectivity index is 1.48. The lowest BCUT2D eigenvalue weighted by Gasteiger charge is -2.34. The molecule has 1 aliphatic heterocycles. The van der Waals surface area contributed by atoms with Gasteiger partial charge in [-0.2, -0.15) is 4.98 Å². The van der Waals surface area contributed by atoms with E-state index in [9.17, 15) is 0 Å². The van der Waals surface area contributed by atoms with E-state index < -0.39 is 0 Å². The highest BCUT2D eigenvalue weighted by Gasteiger charge is 2.18. The molecule has 1 aliphatic rings. The number of anilines is 2. The Morgan fingerprint density at radius 2 is 1.86 bits per heavy atom. The minimum absolute atomic E-state index is 0.227. The van der Waals surface area contributed by atoms with E-state index in [1.807, 2.05) is 12.3 Å². The first-order valence-corrected chi connectivity index (χ1v) is 12.7. The summed E-state index contributed by atoms with van der Waals surface area (Å²) in [5.41, 5.74) is 10.1. The zero-order valence-corrected chi connectivity index (χ0v) is 21.0. The summed E-state index contributed by atoms with van der Waals surface area (Å²) in [4.78, 5) is 13.7. The van der Waals surface area contributed by atoms with Crippen LogP contribution in [0.15, 0.2) is 30.5 Å². The van der Waals surface area contributed by atoms with Crippen LogP contribution in [-0.2, 0) is 13.1 Å². The van der Waals surface area contributed by atoms with Gasteiger partial charge in [-0.15, -0.1) is 0 Å². The average molecular weight is 482 g/mol. The van der Waals surface area contributed by atoms with Crippen LogP contribution in [0.3, 0.4) is 0 Å². The van der Waals surface area contributed by atoms with E-state index in [4.69, 9.17) is 15.6 Å². The second kappa shape index (κ2) is 12.2. The molecule has 0 atom stereocenters. The van der Waals surface area contributed by atoms with Crippen molar-refractivity contribution < 1.29 is 9.84 Å². The summed E-state index contributed by atoms with van der Waals surface area (Å²) < 4.78 is 7.95. The number of nitrogens with zero attached hydrogens (tertiary/aromatic N) is 5. The molecule has 2 aromatic heterocycles. The van der Waals surface area contributed by atoms with Crippen molar-refractivity contribution in [1.82, 2.24) is 24.3 Å². The Hall–Kier alpha value is -2.88. The molecule has 9 nitrogen and oxygen atoms in total. The van der Waals surface area contributed by atoms with Crippen molar-refractivity contribution in [3.63, 3.8) is 0 Å². The zero-order chi connectivity index (χ0) is 24.6. The molecule has 0 unspecified atom stereocenters. The van der Waals surface area contributed by atoms with Gasteiger partial charge in [-0.05, 0) is 24.1 Å². The Morgan fingerprint density at radius 3 is 2.60 bits per heavy atom. The van der Waals surface area contributed by atoms with Gasteiger partial charge in [-0.25, -0.2) is 4.98 Å². The maximum Gasteiger partial charge on any atom is 0.222 e. The summed E-state index contributed by atoms with van der Waals surface area (Å²) in [6, 6.07) is 8.50. The summed E-state index contributed by atoms with van der Waals surface area (Å²) in [5.74, 6) is 1.95. The summed E-state index contributed by atoms with van der Waals surface area (Å²) in [5, 5.41) is 12.6. The summed E-state index contributed by atoms with van der Waals surface area (Å²) >= 11 is 0. The highest BCUT2D eigenvalue weighted by atomic mass is 16.5. The number of unbranched alkanes of at least 4 members (excludes halogenated alkanes) is 2. The molecule has 1 fully saturated rings. The van der Waals surface area contributed by atoms with Crippen LogP contribution in [0.4, 0.5) is 11.8 Å². The van der Waals surface area contributed by atoms with Gasteiger partial charge in [-0.3, -0.25) is 9.80 Å². The van der Waals surface area contributed by atoms with Crippen molar-refractivity contribution in [3.8, 4) is 5.75 Å². The van der Waals surface area contributed by atoms with Gasteiger partial charge in [0.05, 0.1) is 25.8 Å². The molecule has 4 N–H and O–H groups in total. The monoisotopic (exact) mass is 481 g/mol. The first-order valence-electron chi connectivity index (χ1n) is 12.7. The highest BCUT2D eigenvalue weighted by Crippen LogP contribution is 2.27. The number of piperazine rings is 1. The molecule has 0 saturated carbocycles. The van der Waals surface area contributed by atoms with E-state index in [1.54, 1.807) is 7.11 Å². The van der Waals surface area contributed by atoms with Crippen LogP contribution in [0.5, 0.6) is 5.75 Å². The Morgan fingerprint density at radius 1 is 1.06 bits per heavy atom. The molecule has 0 aliphatic carbocycles. The summed E-state index contributed by atoms with van der Waals surface area (Å²) in [7, 11) is 1.73. The van der Waals surface area contributed by atoms with E-state index in [2.05, 4.69) is 54.8 Å². The van der Waals surface area contributed by atoms with Gasteiger partial charge < -0.3 is 25.5 Å². The third kappa shape index (κ3) is 6.42. The topological polar surface area (TPSA) is 105 Å². The Kier molecular flexibility index (Phi) is 8.79. The molecule has 0 spiro atoms. The van der Waals surface area contributed by atoms with Crippen molar-refractivity contribution in [2.45, 2.75) is 39.3 Å². The van der Waals surface area contributed by atoms with Crippen molar-refractivity contribution in [2.75, 3.05) is 64.0 Å². The van der Waals surface area contributed by atoms with Crippen molar-refractivity contribution in [1.29, 1.82) is 0 Å². The van der Waals surface area contributed by atoms with Crippen LogP contribution >= 0.6 is 0 Å². The van der Waals surface area contributed by atoms with Crippen LogP contribution in [0.25, 0.3) is 11.0 Å². The fraction of sp³-hybridized carbons (Fsp3) is 0.538. The smallest absolute Gasteiger partial charge is 0.222 e. The predicted octanol–water partition coefficient (Wildman–Crippen LogP) is 2.78. The number of fused-ring (bicyclic) bond motifs is 1. The normalized spacial score (nSPS) is 15.1. The van der Waals surface area contributed by atoms with Crippen molar-refractivity contribution in [2.24, 2.45) is 0 Å². The van der Waals surface area contributed by atoms with Gasteiger partial charge in [0.2, 0.25) is 5.95 Å². The number of hydrogen-bond acceptors (Lipinski definition) is 8. The lowest BCUT2D eigenvalue weighted by atomic mass is 10.1. The van der Waals surface area contributed by atoms with Gasteiger partial charge in [0, 0.05) is 57.6 Å². The molecule has 3 heterocycles. The molecule has 0 bridgehead atoms. The maximum atomic E-state index is 9.15. The van der Waals surface area contributed by atoms with E-state index in [0.29, 0.717) is 6.54 Å².